The molecule has 0 saturated carbocycles. The maximum Gasteiger partial charge on any atom is 0.123 e. The molecule has 0 fully saturated rings. The molecule has 1 heterocycles. The normalized spacial score (nSPS) is 11.2. The second kappa shape index (κ2) is 4.41. The Morgan fingerprint density at radius 3 is 2.44 bits per heavy atom. The third-order valence-electron chi connectivity index (χ3n) is 3.15. The minimum absolute atomic E-state index is 0.108. The highest BCUT2D eigenvalue weighted by Gasteiger charge is 2.12. The van der Waals surface area contributed by atoms with Crippen LogP contribution in [0.4, 0.5) is 0 Å². The number of rotatable bonds is 2. The Hall–Kier alpha value is -1.90. The number of nitrogens with zero attached hydrogens (tertiary/aromatic N) is 1. The molecule has 0 atom stereocenters. The molecule has 3 N–H and O–H groups in total. The zero-order chi connectivity index (χ0) is 13.4. The van der Waals surface area contributed by atoms with Crippen molar-refractivity contribution in [3.8, 4) is 0 Å². The van der Waals surface area contributed by atoms with Crippen LogP contribution in [0.2, 0.25) is 0 Å². The molecule has 0 aliphatic carbocycles. The number of fused-ring (bicyclic) bond motifs is 1. The zero-order valence-corrected chi connectivity index (χ0v) is 11.3. The average molecular weight is 241 g/mol. The zero-order valence-electron chi connectivity index (χ0n) is 11.3. The molecular weight excluding hydrogens is 222 g/mol. The highest BCUT2D eigenvalue weighted by atomic mass is 14.7. The highest BCUT2D eigenvalue weighted by Crippen LogP contribution is 2.26. The Kier molecular flexibility index (Phi) is 3.07. The van der Waals surface area contributed by atoms with Gasteiger partial charge in [-0.05, 0) is 43.0 Å². The molecule has 0 aliphatic heterocycles. The van der Waals surface area contributed by atoms with Crippen molar-refractivity contribution in [3.05, 3.63) is 40.6 Å². The summed E-state index contributed by atoms with van der Waals surface area (Å²) in [6, 6.07) is 6.10. The van der Waals surface area contributed by atoms with Crippen LogP contribution in [0.5, 0.6) is 0 Å². The van der Waals surface area contributed by atoms with Crippen LogP contribution < -0.4 is 5.73 Å². The van der Waals surface area contributed by atoms with Gasteiger partial charge in [0.15, 0.2) is 0 Å². The average Bonchev–Trinajstić information content (AvgIpc) is 2.26. The molecule has 0 amide bonds. The molecule has 0 unspecified atom stereocenters. The van der Waals surface area contributed by atoms with E-state index in [4.69, 9.17) is 11.1 Å². The summed E-state index contributed by atoms with van der Waals surface area (Å²) in [5, 5.41) is 8.75. The van der Waals surface area contributed by atoms with E-state index >= 15 is 0 Å². The van der Waals surface area contributed by atoms with E-state index in [0.717, 1.165) is 27.7 Å². The van der Waals surface area contributed by atoms with Crippen LogP contribution in [0.3, 0.4) is 0 Å². The van der Waals surface area contributed by atoms with Crippen molar-refractivity contribution in [1.82, 2.24) is 4.98 Å². The van der Waals surface area contributed by atoms with Gasteiger partial charge in [0.1, 0.15) is 5.84 Å². The van der Waals surface area contributed by atoms with E-state index in [0.29, 0.717) is 5.92 Å². The van der Waals surface area contributed by atoms with Gasteiger partial charge in [0.05, 0.1) is 5.52 Å². The fourth-order valence-electron chi connectivity index (χ4n) is 2.28. The molecule has 0 aliphatic rings. The molecule has 3 heteroatoms. The fourth-order valence-corrected chi connectivity index (χ4v) is 2.28. The summed E-state index contributed by atoms with van der Waals surface area (Å²) in [7, 11) is 0. The number of nitrogens with one attached hydrogen (secondary N) is 1. The summed E-state index contributed by atoms with van der Waals surface area (Å²) in [4.78, 5) is 4.69. The van der Waals surface area contributed by atoms with Crippen molar-refractivity contribution < 1.29 is 0 Å². The molecule has 2 aromatic rings. The second-order valence-electron chi connectivity index (χ2n) is 5.14. The first kappa shape index (κ1) is 12.6. The second-order valence-corrected chi connectivity index (χ2v) is 5.14. The molecule has 0 saturated heterocycles. The molecular formula is C15H19N3. The number of aromatic nitrogens is 1. The van der Waals surface area contributed by atoms with Crippen LogP contribution in [0, 0.1) is 19.3 Å². The summed E-state index contributed by atoms with van der Waals surface area (Å²) < 4.78 is 0. The lowest BCUT2D eigenvalue weighted by Crippen LogP contribution is -2.13. The van der Waals surface area contributed by atoms with Gasteiger partial charge in [-0.2, -0.15) is 0 Å². The number of nitrogen functional groups attached to an aromatic ring is 1. The predicted molar refractivity (Wildman–Crippen MR) is 76.3 cm³/mol. The number of aryl methyl sites for hydroxylation is 2. The molecule has 0 bridgehead atoms. The van der Waals surface area contributed by atoms with Crippen LogP contribution in [0.15, 0.2) is 18.2 Å². The van der Waals surface area contributed by atoms with E-state index in [1.807, 2.05) is 13.0 Å². The van der Waals surface area contributed by atoms with Crippen molar-refractivity contribution in [2.24, 2.45) is 5.73 Å². The van der Waals surface area contributed by atoms with Gasteiger partial charge < -0.3 is 5.73 Å². The SMILES string of the molecule is Cc1cc(C)c2c(C(=N)N)cc(C(C)C)nc2c1. The first-order chi connectivity index (χ1) is 8.40. The number of hydrogen-bond donors (Lipinski definition) is 2. The summed E-state index contributed by atoms with van der Waals surface area (Å²) in [6.07, 6.45) is 0. The smallest absolute Gasteiger partial charge is 0.123 e. The molecule has 1 aromatic carbocycles. The third kappa shape index (κ3) is 2.08. The van der Waals surface area contributed by atoms with Crippen molar-refractivity contribution in [1.29, 1.82) is 5.41 Å². The van der Waals surface area contributed by atoms with E-state index < -0.39 is 0 Å². The largest absolute Gasteiger partial charge is 0.384 e. The molecule has 0 radical (unpaired) electrons. The van der Waals surface area contributed by atoms with Crippen LogP contribution >= 0.6 is 0 Å². The fraction of sp³-hybridized carbons (Fsp3) is 0.333. The van der Waals surface area contributed by atoms with Crippen molar-refractivity contribution >= 4 is 16.7 Å². The van der Waals surface area contributed by atoms with E-state index in [1.54, 1.807) is 0 Å². The van der Waals surface area contributed by atoms with Gasteiger partial charge in [-0.3, -0.25) is 10.4 Å². The molecule has 94 valence electrons. The van der Waals surface area contributed by atoms with Crippen LogP contribution in [0.25, 0.3) is 10.9 Å². The maximum absolute atomic E-state index is 7.76. The molecule has 2 rings (SSSR count). The third-order valence-corrected chi connectivity index (χ3v) is 3.15. The Labute approximate surface area is 108 Å². The monoisotopic (exact) mass is 241 g/mol. The summed E-state index contributed by atoms with van der Waals surface area (Å²) in [6.45, 7) is 8.30. The predicted octanol–water partition coefficient (Wildman–Crippen LogP) is 3.26. The minimum Gasteiger partial charge on any atom is -0.384 e. The Morgan fingerprint density at radius 2 is 1.89 bits per heavy atom. The number of hydrogen-bond acceptors (Lipinski definition) is 2. The van der Waals surface area contributed by atoms with E-state index in [-0.39, 0.29) is 5.84 Å². The first-order valence-corrected chi connectivity index (χ1v) is 6.16. The topological polar surface area (TPSA) is 62.8 Å². The van der Waals surface area contributed by atoms with Gasteiger partial charge in [-0.1, -0.05) is 19.9 Å². The maximum atomic E-state index is 7.76. The summed E-state index contributed by atoms with van der Waals surface area (Å²) in [5.41, 5.74) is 10.7. The minimum atomic E-state index is 0.108. The summed E-state index contributed by atoms with van der Waals surface area (Å²) >= 11 is 0. The van der Waals surface area contributed by atoms with E-state index in [1.165, 1.54) is 5.56 Å². The number of pyridine rings is 1. The highest BCUT2D eigenvalue weighted by molar-refractivity contribution is 6.08. The van der Waals surface area contributed by atoms with Crippen molar-refractivity contribution in [2.45, 2.75) is 33.6 Å². The van der Waals surface area contributed by atoms with E-state index in [9.17, 15) is 0 Å². The van der Waals surface area contributed by atoms with Crippen LogP contribution in [-0.2, 0) is 0 Å². The van der Waals surface area contributed by atoms with Gasteiger partial charge in [-0.25, -0.2) is 0 Å². The Bertz CT molecular complexity index is 627. The molecule has 0 spiro atoms. The lowest BCUT2D eigenvalue weighted by molar-refractivity contribution is 0.829. The lowest BCUT2D eigenvalue weighted by Gasteiger charge is -2.13. The van der Waals surface area contributed by atoms with Gasteiger partial charge in [0, 0.05) is 16.6 Å². The standard InChI is InChI=1S/C15H19N3/c1-8(2)12-7-11(15(16)17)14-10(4)5-9(3)6-13(14)18-12/h5-8H,1-4H3,(H3,16,17). The Morgan fingerprint density at radius 1 is 1.22 bits per heavy atom. The van der Waals surface area contributed by atoms with Gasteiger partial charge in [0.2, 0.25) is 0 Å². The number of nitrogens with two attached hydrogens (primary N) is 1. The van der Waals surface area contributed by atoms with E-state index in [2.05, 4.69) is 37.9 Å². The van der Waals surface area contributed by atoms with Crippen LogP contribution in [-0.4, -0.2) is 10.8 Å². The first-order valence-electron chi connectivity index (χ1n) is 6.16. The lowest BCUT2D eigenvalue weighted by atomic mass is 9.97. The van der Waals surface area contributed by atoms with Gasteiger partial charge in [-0.15, -0.1) is 0 Å². The quantitative estimate of drug-likeness (QED) is 0.626. The van der Waals surface area contributed by atoms with Crippen molar-refractivity contribution in [2.75, 3.05) is 0 Å². The van der Waals surface area contributed by atoms with Gasteiger partial charge in [0.25, 0.3) is 0 Å². The number of amidine groups is 1. The molecule has 3 nitrogen and oxygen atoms in total. The Balaban J connectivity index is 2.90. The molecule has 1 aromatic heterocycles. The van der Waals surface area contributed by atoms with Crippen LogP contribution in [0.1, 0.15) is 42.1 Å². The van der Waals surface area contributed by atoms with Crippen molar-refractivity contribution in [3.63, 3.8) is 0 Å². The summed E-state index contributed by atoms with van der Waals surface area (Å²) in [5.74, 6) is 0.435. The van der Waals surface area contributed by atoms with Gasteiger partial charge >= 0.3 is 0 Å². The number of benzene rings is 1. The molecule has 18 heavy (non-hydrogen) atoms.